The lowest BCUT2D eigenvalue weighted by Crippen LogP contribution is -2.25. The van der Waals surface area contributed by atoms with Crippen molar-refractivity contribution in [2.75, 3.05) is 12.0 Å². The number of aryl methyl sites for hydroxylation is 1. The highest BCUT2D eigenvalue weighted by molar-refractivity contribution is 7.90. The summed E-state index contributed by atoms with van der Waals surface area (Å²) in [6, 6.07) is 33.4. The summed E-state index contributed by atoms with van der Waals surface area (Å²) >= 11 is 0. The van der Waals surface area contributed by atoms with Crippen molar-refractivity contribution in [2.45, 2.75) is 18.0 Å². The average molecular weight is 687 g/mol. The van der Waals surface area contributed by atoms with Gasteiger partial charge in [-0.05, 0) is 41.5 Å². The van der Waals surface area contributed by atoms with Gasteiger partial charge in [0, 0.05) is 37.3 Å². The third kappa shape index (κ3) is 6.01. The molecule has 0 spiro atoms. The van der Waals surface area contributed by atoms with Crippen LogP contribution < -0.4 is 4.90 Å². The number of hydrogen-bond acceptors (Lipinski definition) is 8. The molecule has 0 unspecified atom stereocenters. The van der Waals surface area contributed by atoms with Gasteiger partial charge in [0.25, 0.3) is 10.0 Å². The Hall–Kier alpha value is -6.14. The van der Waals surface area contributed by atoms with E-state index in [1.165, 1.54) is 54.6 Å². The van der Waals surface area contributed by atoms with Crippen LogP contribution in [0.5, 0.6) is 0 Å². The van der Waals surface area contributed by atoms with Gasteiger partial charge in [0.2, 0.25) is 0 Å². The van der Waals surface area contributed by atoms with Crippen LogP contribution in [0.1, 0.15) is 21.5 Å². The zero-order chi connectivity index (χ0) is 34.8. The quantitative estimate of drug-likeness (QED) is 0.143. The molecule has 0 aliphatic rings. The van der Waals surface area contributed by atoms with Crippen LogP contribution in [0, 0.1) is 5.82 Å². The third-order valence-electron chi connectivity index (χ3n) is 8.31. The molecule has 0 N–H and O–H groups in total. The molecule has 7 rings (SSSR count). The van der Waals surface area contributed by atoms with Crippen molar-refractivity contribution >= 4 is 32.7 Å². The first-order valence-electron chi connectivity index (χ1n) is 15.7. The summed E-state index contributed by atoms with van der Waals surface area (Å²) in [5.41, 5.74) is 2.04. The van der Waals surface area contributed by atoms with Crippen molar-refractivity contribution in [2.24, 2.45) is 7.05 Å². The zero-order valence-corrected chi connectivity index (χ0v) is 28.0. The molecule has 0 atom stereocenters. The van der Waals surface area contributed by atoms with E-state index < -0.39 is 21.8 Å². The number of carbonyl (C=O) groups excluding carboxylic acids is 1. The molecule has 7 aromatic rings. The molecule has 3 aromatic heterocycles. The topological polar surface area (TPSA) is 112 Å². The number of benzene rings is 4. The predicted octanol–water partition coefficient (Wildman–Crippen LogP) is 6.87. The van der Waals surface area contributed by atoms with E-state index in [2.05, 4.69) is 10.1 Å². The Morgan fingerprint density at radius 2 is 1.42 bits per heavy atom. The summed E-state index contributed by atoms with van der Waals surface area (Å²) in [4.78, 5) is 24.1. The molecule has 10 nitrogen and oxygen atoms in total. The molecular weight excluding hydrogens is 656 g/mol. The Balaban J connectivity index is 1.58. The molecule has 0 aliphatic heterocycles. The first-order valence-corrected chi connectivity index (χ1v) is 17.1. The first kappa shape index (κ1) is 32.4. The molecule has 0 saturated heterocycles. The number of hydrogen-bond donors (Lipinski definition) is 0. The van der Waals surface area contributed by atoms with Crippen molar-refractivity contribution < 1.29 is 22.3 Å². The summed E-state index contributed by atoms with van der Waals surface area (Å²) in [7, 11) is -1.54. The predicted molar refractivity (Wildman–Crippen MR) is 188 cm³/mol. The minimum absolute atomic E-state index is 0.0158. The molecule has 12 heteroatoms. The number of halogens is 1. The summed E-state index contributed by atoms with van der Waals surface area (Å²) in [5, 5.41) is 4.49. The Bertz CT molecular complexity index is 2390. The molecule has 0 saturated carbocycles. The Morgan fingerprint density at radius 1 is 0.820 bits per heavy atom. The number of esters is 1. The molecule has 4 aromatic carbocycles. The van der Waals surface area contributed by atoms with Gasteiger partial charge >= 0.3 is 5.97 Å². The highest BCUT2D eigenvalue weighted by atomic mass is 32.2. The molecule has 0 fully saturated rings. The zero-order valence-electron chi connectivity index (χ0n) is 27.1. The number of aromatic nitrogens is 5. The van der Waals surface area contributed by atoms with Gasteiger partial charge in [0.05, 0.1) is 28.8 Å². The maximum atomic E-state index is 16.7. The molecular formula is C38H31FN6O4S. The van der Waals surface area contributed by atoms with Crippen molar-refractivity contribution in [1.29, 1.82) is 0 Å². The average Bonchev–Trinajstić information content (AvgIpc) is 3.76. The van der Waals surface area contributed by atoms with E-state index in [0.717, 1.165) is 15.1 Å². The summed E-state index contributed by atoms with van der Waals surface area (Å²) in [5.74, 6) is -1.05. The van der Waals surface area contributed by atoms with Gasteiger partial charge in [-0.3, -0.25) is 4.68 Å². The Labute approximate surface area is 288 Å². The van der Waals surface area contributed by atoms with Crippen LogP contribution in [0.3, 0.4) is 0 Å². The van der Waals surface area contributed by atoms with E-state index in [4.69, 9.17) is 9.72 Å². The van der Waals surface area contributed by atoms with Gasteiger partial charge in [-0.15, -0.1) is 0 Å². The summed E-state index contributed by atoms with van der Waals surface area (Å²) in [6.07, 6.45) is 2.83. The first-order chi connectivity index (χ1) is 24.3. The van der Waals surface area contributed by atoms with Gasteiger partial charge < -0.3 is 9.64 Å². The largest absolute Gasteiger partial charge is 0.465 e. The summed E-state index contributed by atoms with van der Waals surface area (Å²) < 4.78 is 54.1. The number of methoxy groups -OCH3 is 1. The number of carbonyl (C=O) groups is 1. The van der Waals surface area contributed by atoms with Crippen LogP contribution >= 0.6 is 0 Å². The fourth-order valence-electron chi connectivity index (χ4n) is 5.98. The maximum absolute atomic E-state index is 16.7. The molecule has 0 bridgehead atoms. The second kappa shape index (κ2) is 13.4. The lowest BCUT2D eigenvalue weighted by Gasteiger charge is -2.26. The number of pyridine rings is 1. The third-order valence-corrected chi connectivity index (χ3v) is 10.0. The molecule has 3 heterocycles. The highest BCUT2D eigenvalue weighted by Crippen LogP contribution is 2.41. The van der Waals surface area contributed by atoms with Crippen molar-refractivity contribution in [3.8, 4) is 22.6 Å². The molecule has 0 aliphatic carbocycles. The smallest absolute Gasteiger partial charge is 0.340 e. The van der Waals surface area contributed by atoms with Crippen molar-refractivity contribution in [1.82, 2.24) is 23.7 Å². The van der Waals surface area contributed by atoms with E-state index in [1.807, 2.05) is 65.6 Å². The SMILES string of the molecule is COC(=O)c1cnc(N(Cc2ccccc2)Cc2ccccc2)c2c1cc(-c1cccc(-c3ncn(C)n3)c1F)n2S(=O)(=O)c1ccccc1. The number of rotatable bonds is 10. The normalized spacial score (nSPS) is 11.5. The van der Waals surface area contributed by atoms with Crippen LogP contribution in [0.4, 0.5) is 10.2 Å². The van der Waals surface area contributed by atoms with E-state index in [-0.39, 0.29) is 49.8 Å². The number of anilines is 1. The lowest BCUT2D eigenvalue weighted by atomic mass is 10.1. The number of fused-ring (bicyclic) bond motifs is 1. The van der Waals surface area contributed by atoms with Gasteiger partial charge in [-0.25, -0.2) is 31.5 Å². The van der Waals surface area contributed by atoms with E-state index in [0.29, 0.717) is 13.1 Å². The maximum Gasteiger partial charge on any atom is 0.340 e. The molecule has 0 radical (unpaired) electrons. The number of nitrogens with zero attached hydrogens (tertiary/aromatic N) is 6. The van der Waals surface area contributed by atoms with E-state index in [9.17, 15) is 13.2 Å². The Kier molecular flexibility index (Phi) is 8.69. The van der Waals surface area contributed by atoms with E-state index >= 15 is 4.39 Å². The van der Waals surface area contributed by atoms with E-state index in [1.54, 1.807) is 31.3 Å². The van der Waals surface area contributed by atoms with Crippen LogP contribution in [0.15, 0.2) is 133 Å². The van der Waals surface area contributed by atoms with Crippen molar-refractivity contribution in [3.05, 3.63) is 150 Å². The Morgan fingerprint density at radius 3 is 2.00 bits per heavy atom. The molecule has 0 amide bonds. The van der Waals surface area contributed by atoms with Crippen LogP contribution in [-0.4, -0.2) is 45.2 Å². The van der Waals surface area contributed by atoms with Gasteiger partial charge in [-0.2, -0.15) is 5.10 Å². The molecule has 250 valence electrons. The highest BCUT2D eigenvalue weighted by Gasteiger charge is 2.32. The van der Waals surface area contributed by atoms with Crippen LogP contribution in [0.2, 0.25) is 0 Å². The fourth-order valence-corrected chi connectivity index (χ4v) is 7.53. The fraction of sp³-hybridized carbons (Fsp3) is 0.105. The van der Waals surface area contributed by atoms with Gasteiger partial charge in [-0.1, -0.05) is 84.9 Å². The lowest BCUT2D eigenvalue weighted by molar-refractivity contribution is 0.0602. The minimum Gasteiger partial charge on any atom is -0.465 e. The van der Waals surface area contributed by atoms with Crippen LogP contribution in [-0.2, 0) is 34.9 Å². The minimum atomic E-state index is -4.45. The van der Waals surface area contributed by atoms with Crippen LogP contribution in [0.25, 0.3) is 33.5 Å². The standard InChI is InChI=1S/C38H31FN6O4S/c1-43-25-41-36(42-43)30-20-12-19-29(34(30)39)33-21-31-32(38(46)49-2)22-40-37(35(31)45(33)50(47,48)28-17-10-5-11-18-28)44(23-26-13-6-3-7-14-26)24-27-15-8-4-9-16-27/h3-22,25H,23-24H2,1-2H3. The second-order valence-corrected chi connectivity index (χ2v) is 13.4. The van der Waals surface area contributed by atoms with Gasteiger partial charge in [0.15, 0.2) is 11.6 Å². The van der Waals surface area contributed by atoms with Gasteiger partial charge in [0.1, 0.15) is 17.7 Å². The monoisotopic (exact) mass is 686 g/mol. The van der Waals surface area contributed by atoms with Crippen molar-refractivity contribution in [3.63, 3.8) is 0 Å². The molecule has 50 heavy (non-hydrogen) atoms. The second-order valence-electron chi connectivity index (χ2n) is 11.6. The number of ether oxygens (including phenoxy) is 1. The summed E-state index contributed by atoms with van der Waals surface area (Å²) in [6.45, 7) is 0.687.